The highest BCUT2D eigenvalue weighted by Crippen LogP contribution is 2.36. The fourth-order valence-corrected chi connectivity index (χ4v) is 2.20. The highest BCUT2D eigenvalue weighted by molar-refractivity contribution is 6.31. The Morgan fingerprint density at radius 2 is 1.88 bits per heavy atom. The minimum absolute atomic E-state index is 0.0530. The quantitative estimate of drug-likeness (QED) is 0.783. The second-order valence-corrected chi connectivity index (χ2v) is 5.52. The van der Waals surface area contributed by atoms with Gasteiger partial charge in [0.15, 0.2) is 12.4 Å². The maximum absolute atomic E-state index is 12.8. The fraction of sp³-hybridized carbons (Fsp3) is 0.176. The van der Waals surface area contributed by atoms with E-state index in [1.165, 1.54) is 19.1 Å². The van der Waals surface area contributed by atoms with E-state index in [-0.39, 0.29) is 11.5 Å². The third-order valence-electron chi connectivity index (χ3n) is 3.17. The molecule has 132 valence electrons. The van der Waals surface area contributed by atoms with Crippen LogP contribution in [0.3, 0.4) is 0 Å². The number of carbonyl (C=O) groups excluding carboxylic acids is 2. The Hall–Kier alpha value is -2.54. The van der Waals surface area contributed by atoms with Gasteiger partial charge in [-0.05, 0) is 37.3 Å². The van der Waals surface area contributed by atoms with E-state index in [2.05, 4.69) is 5.32 Å². The summed E-state index contributed by atoms with van der Waals surface area (Å²) in [7, 11) is 0. The van der Waals surface area contributed by atoms with E-state index >= 15 is 0 Å². The number of Topliss-reactive ketones (excluding diaryl/α,β-unsaturated/α-hetero) is 1. The summed E-state index contributed by atoms with van der Waals surface area (Å²) < 4.78 is 43.6. The van der Waals surface area contributed by atoms with Gasteiger partial charge in [0, 0.05) is 11.3 Å². The molecule has 25 heavy (non-hydrogen) atoms. The second kappa shape index (κ2) is 7.57. The molecule has 0 aromatic heterocycles. The smallest absolute Gasteiger partial charge is 0.417 e. The van der Waals surface area contributed by atoms with Crippen LogP contribution < -0.4 is 10.1 Å². The van der Waals surface area contributed by atoms with Gasteiger partial charge in [0.1, 0.15) is 5.75 Å². The predicted molar refractivity (Wildman–Crippen MR) is 87.0 cm³/mol. The van der Waals surface area contributed by atoms with Crippen LogP contribution in [0.4, 0.5) is 18.9 Å². The number of hydrogen-bond acceptors (Lipinski definition) is 3. The summed E-state index contributed by atoms with van der Waals surface area (Å²) in [4.78, 5) is 23.1. The van der Waals surface area contributed by atoms with Gasteiger partial charge < -0.3 is 10.1 Å². The molecule has 0 fully saturated rings. The minimum Gasteiger partial charge on any atom is -0.484 e. The first-order valence-electron chi connectivity index (χ1n) is 7.07. The molecule has 0 aliphatic heterocycles. The molecule has 0 aliphatic rings. The molecule has 2 aromatic carbocycles. The summed E-state index contributed by atoms with van der Waals surface area (Å²) in [5.74, 6) is -0.505. The SMILES string of the molecule is CC(=O)c1cccc(OCC(=O)Nc2ccc(Cl)c(C(F)(F)F)c2)c1. The third-order valence-corrected chi connectivity index (χ3v) is 3.50. The van der Waals surface area contributed by atoms with Gasteiger partial charge in [0.2, 0.25) is 0 Å². The number of anilines is 1. The van der Waals surface area contributed by atoms with Gasteiger partial charge in [-0.1, -0.05) is 23.7 Å². The molecule has 0 spiro atoms. The van der Waals surface area contributed by atoms with Crippen LogP contribution in [0.1, 0.15) is 22.8 Å². The molecule has 2 rings (SSSR count). The molecule has 0 saturated carbocycles. The van der Waals surface area contributed by atoms with E-state index in [4.69, 9.17) is 16.3 Å². The first-order valence-corrected chi connectivity index (χ1v) is 7.45. The van der Waals surface area contributed by atoms with E-state index in [9.17, 15) is 22.8 Å². The molecule has 1 amide bonds. The van der Waals surface area contributed by atoms with Gasteiger partial charge in [-0.25, -0.2) is 0 Å². The van der Waals surface area contributed by atoms with Crippen LogP contribution >= 0.6 is 11.6 Å². The monoisotopic (exact) mass is 371 g/mol. The summed E-state index contributed by atoms with van der Waals surface area (Å²) in [5.41, 5.74) is -0.671. The molecule has 2 aromatic rings. The number of rotatable bonds is 5. The Balaban J connectivity index is 2.01. The van der Waals surface area contributed by atoms with Crippen molar-refractivity contribution in [3.05, 3.63) is 58.6 Å². The topological polar surface area (TPSA) is 55.4 Å². The van der Waals surface area contributed by atoms with Gasteiger partial charge in [-0.3, -0.25) is 9.59 Å². The van der Waals surface area contributed by atoms with Crippen LogP contribution in [0, 0.1) is 0 Å². The number of alkyl halides is 3. The van der Waals surface area contributed by atoms with E-state index in [1.54, 1.807) is 18.2 Å². The summed E-state index contributed by atoms with van der Waals surface area (Å²) in [6.45, 7) is 0.968. The summed E-state index contributed by atoms with van der Waals surface area (Å²) in [6.07, 6.45) is -4.62. The van der Waals surface area contributed by atoms with Crippen molar-refractivity contribution in [2.24, 2.45) is 0 Å². The van der Waals surface area contributed by atoms with Crippen LogP contribution in [0.25, 0.3) is 0 Å². The van der Waals surface area contributed by atoms with Gasteiger partial charge >= 0.3 is 6.18 Å². The van der Waals surface area contributed by atoms with Crippen molar-refractivity contribution in [3.8, 4) is 5.75 Å². The minimum atomic E-state index is -4.62. The Bertz CT molecular complexity index is 806. The van der Waals surface area contributed by atoms with E-state index in [1.807, 2.05) is 0 Å². The second-order valence-electron chi connectivity index (χ2n) is 5.11. The van der Waals surface area contributed by atoms with Gasteiger partial charge in [0.25, 0.3) is 5.91 Å². The molecule has 0 heterocycles. The van der Waals surface area contributed by atoms with Crippen molar-refractivity contribution in [3.63, 3.8) is 0 Å². The molecule has 0 unspecified atom stereocenters. The first kappa shape index (κ1) is 18.8. The average molecular weight is 372 g/mol. The number of ether oxygens (including phenoxy) is 1. The summed E-state index contributed by atoms with van der Waals surface area (Å²) in [5, 5.41) is 1.84. The molecular weight excluding hydrogens is 359 g/mol. The maximum Gasteiger partial charge on any atom is 0.417 e. The fourth-order valence-electron chi connectivity index (χ4n) is 1.97. The zero-order valence-electron chi connectivity index (χ0n) is 13.0. The molecule has 0 atom stereocenters. The van der Waals surface area contributed by atoms with Crippen LogP contribution in [-0.4, -0.2) is 18.3 Å². The number of amides is 1. The molecule has 4 nitrogen and oxygen atoms in total. The lowest BCUT2D eigenvalue weighted by atomic mass is 10.1. The molecule has 0 bridgehead atoms. The lowest BCUT2D eigenvalue weighted by molar-refractivity contribution is -0.137. The normalized spacial score (nSPS) is 11.1. The van der Waals surface area contributed by atoms with Crippen LogP contribution in [-0.2, 0) is 11.0 Å². The van der Waals surface area contributed by atoms with Crippen molar-refractivity contribution in [2.75, 3.05) is 11.9 Å². The number of hydrogen-bond donors (Lipinski definition) is 1. The Kier molecular flexibility index (Phi) is 5.69. The maximum atomic E-state index is 12.8. The van der Waals surface area contributed by atoms with Crippen LogP contribution in [0.5, 0.6) is 5.75 Å². The van der Waals surface area contributed by atoms with Crippen molar-refractivity contribution in [1.82, 2.24) is 0 Å². The largest absolute Gasteiger partial charge is 0.484 e. The standard InChI is InChI=1S/C17H13ClF3NO3/c1-10(23)11-3-2-4-13(7-11)25-9-16(24)22-12-5-6-15(18)14(8-12)17(19,20)21/h2-8H,9H2,1H3,(H,22,24). The van der Waals surface area contributed by atoms with Gasteiger partial charge in [-0.2, -0.15) is 13.2 Å². The number of nitrogens with one attached hydrogen (secondary N) is 1. The molecule has 8 heteroatoms. The number of benzene rings is 2. The lowest BCUT2D eigenvalue weighted by Crippen LogP contribution is -2.20. The Morgan fingerprint density at radius 1 is 1.16 bits per heavy atom. The Morgan fingerprint density at radius 3 is 2.52 bits per heavy atom. The van der Waals surface area contributed by atoms with E-state index in [0.717, 1.165) is 12.1 Å². The first-order chi connectivity index (χ1) is 11.7. The van der Waals surface area contributed by atoms with Crippen molar-refractivity contribution in [2.45, 2.75) is 13.1 Å². The zero-order chi connectivity index (χ0) is 18.6. The Labute approximate surface area is 146 Å². The molecule has 0 aliphatic carbocycles. The third kappa shape index (κ3) is 5.22. The predicted octanol–water partition coefficient (Wildman–Crippen LogP) is 4.58. The lowest BCUT2D eigenvalue weighted by Gasteiger charge is -2.12. The highest BCUT2D eigenvalue weighted by atomic mass is 35.5. The van der Waals surface area contributed by atoms with E-state index < -0.39 is 29.3 Å². The van der Waals surface area contributed by atoms with Crippen molar-refractivity contribution in [1.29, 1.82) is 0 Å². The molecule has 0 saturated heterocycles. The van der Waals surface area contributed by atoms with E-state index in [0.29, 0.717) is 11.3 Å². The summed E-state index contributed by atoms with van der Waals surface area (Å²) >= 11 is 5.51. The number of ketones is 1. The highest BCUT2D eigenvalue weighted by Gasteiger charge is 2.33. The molecule has 0 radical (unpaired) electrons. The van der Waals surface area contributed by atoms with Gasteiger partial charge in [-0.15, -0.1) is 0 Å². The average Bonchev–Trinajstić information content (AvgIpc) is 2.54. The van der Waals surface area contributed by atoms with Crippen molar-refractivity contribution < 1.29 is 27.5 Å². The zero-order valence-corrected chi connectivity index (χ0v) is 13.7. The van der Waals surface area contributed by atoms with Crippen LogP contribution in [0.15, 0.2) is 42.5 Å². The molecular formula is C17H13ClF3NO3. The van der Waals surface area contributed by atoms with Crippen LogP contribution in [0.2, 0.25) is 5.02 Å². The van der Waals surface area contributed by atoms with Gasteiger partial charge in [0.05, 0.1) is 10.6 Å². The molecule has 1 N–H and O–H groups in total. The number of halogens is 4. The van der Waals surface area contributed by atoms with Crippen molar-refractivity contribution >= 4 is 29.0 Å². The summed E-state index contributed by atoms with van der Waals surface area (Å²) in [6, 6.07) is 9.28. The number of carbonyl (C=O) groups is 2.